The number of anilines is 2. The molecule has 0 aliphatic carbocycles. The van der Waals surface area contributed by atoms with Gasteiger partial charge in [0.15, 0.2) is 0 Å². The van der Waals surface area contributed by atoms with Crippen LogP contribution in [0.4, 0.5) is 11.4 Å². The number of ether oxygens (including phenoxy) is 1. The molecule has 2 aromatic carbocycles. The van der Waals surface area contributed by atoms with E-state index in [9.17, 15) is 4.79 Å². The molecule has 0 amide bonds. The Kier molecular flexibility index (Phi) is 5.65. The molecule has 25 heavy (non-hydrogen) atoms. The number of halogens is 1. The average Bonchev–Trinajstić information content (AvgIpc) is 2.55. The molecule has 1 N–H and O–H groups in total. The number of nitrogens with one attached hydrogen (secondary N) is 1. The molecule has 1 aromatic heterocycles. The van der Waals surface area contributed by atoms with Gasteiger partial charge in [0.25, 0.3) is 0 Å². The highest BCUT2D eigenvalue weighted by molar-refractivity contribution is 5.96. The van der Waals surface area contributed by atoms with Gasteiger partial charge in [0, 0.05) is 22.5 Å². The number of benzene rings is 2. The number of methoxy groups -OCH3 is 1. The molecule has 0 aliphatic heterocycles. The summed E-state index contributed by atoms with van der Waals surface area (Å²) in [4.78, 5) is 16.4. The van der Waals surface area contributed by atoms with Crippen molar-refractivity contribution in [1.82, 2.24) is 4.98 Å². The summed E-state index contributed by atoms with van der Waals surface area (Å²) in [7, 11) is 1.38. The first kappa shape index (κ1) is 18.7. The molecular formula is C20H21ClN2O2. The van der Waals surface area contributed by atoms with Crippen LogP contribution in [-0.2, 0) is 4.74 Å². The summed E-state index contributed by atoms with van der Waals surface area (Å²) >= 11 is 0. The van der Waals surface area contributed by atoms with Crippen LogP contribution < -0.4 is 5.32 Å². The van der Waals surface area contributed by atoms with Crippen LogP contribution in [0.25, 0.3) is 10.9 Å². The highest BCUT2D eigenvalue weighted by Crippen LogP contribution is 2.29. The van der Waals surface area contributed by atoms with Crippen molar-refractivity contribution < 1.29 is 9.53 Å². The third-order valence-electron chi connectivity index (χ3n) is 3.94. The number of carbonyl (C=O) groups excluding carboxylic acids is 1. The number of hydrogen-bond donors (Lipinski definition) is 1. The van der Waals surface area contributed by atoms with Crippen molar-refractivity contribution >= 4 is 40.7 Å². The van der Waals surface area contributed by atoms with Crippen molar-refractivity contribution in [3.63, 3.8) is 0 Å². The van der Waals surface area contributed by atoms with Gasteiger partial charge in [0.2, 0.25) is 0 Å². The van der Waals surface area contributed by atoms with Crippen molar-refractivity contribution in [3.05, 3.63) is 64.8 Å². The number of aromatic nitrogens is 1. The molecule has 0 atom stereocenters. The van der Waals surface area contributed by atoms with Crippen LogP contribution in [-0.4, -0.2) is 18.1 Å². The minimum absolute atomic E-state index is 0. The smallest absolute Gasteiger partial charge is 0.337 e. The van der Waals surface area contributed by atoms with Gasteiger partial charge < -0.3 is 10.1 Å². The number of hydrogen-bond acceptors (Lipinski definition) is 4. The molecule has 0 fully saturated rings. The zero-order chi connectivity index (χ0) is 17.3. The molecule has 0 spiro atoms. The molecule has 0 saturated heterocycles. The van der Waals surface area contributed by atoms with Gasteiger partial charge in [0.1, 0.15) is 0 Å². The van der Waals surface area contributed by atoms with Crippen molar-refractivity contribution in [1.29, 1.82) is 0 Å². The predicted molar refractivity (Wildman–Crippen MR) is 104 cm³/mol. The summed E-state index contributed by atoms with van der Waals surface area (Å²) in [6.45, 7) is 6.13. The first-order chi connectivity index (χ1) is 11.5. The Morgan fingerprint density at radius 3 is 2.56 bits per heavy atom. The Balaban J connectivity index is 0.00000225. The number of esters is 1. The molecule has 0 bridgehead atoms. The van der Waals surface area contributed by atoms with Gasteiger partial charge in [0.05, 0.1) is 18.2 Å². The minimum atomic E-state index is -0.346. The molecule has 5 heteroatoms. The second-order valence-electron chi connectivity index (χ2n) is 5.99. The Bertz CT molecular complexity index is 938. The van der Waals surface area contributed by atoms with Crippen LogP contribution in [0.1, 0.15) is 27.2 Å². The molecule has 1 heterocycles. The fourth-order valence-corrected chi connectivity index (χ4v) is 2.91. The normalized spacial score (nSPS) is 10.2. The Morgan fingerprint density at radius 2 is 1.84 bits per heavy atom. The van der Waals surface area contributed by atoms with Crippen LogP contribution in [0.3, 0.4) is 0 Å². The van der Waals surface area contributed by atoms with E-state index >= 15 is 0 Å². The van der Waals surface area contributed by atoms with Crippen LogP contribution in [0, 0.1) is 20.8 Å². The van der Waals surface area contributed by atoms with Gasteiger partial charge in [-0.15, -0.1) is 12.4 Å². The summed E-state index contributed by atoms with van der Waals surface area (Å²) in [6, 6.07) is 13.6. The standard InChI is InChI=1S/C20H20N2O2.ClH/c1-12-8-13(2)19-17(9-12)18(10-14(3)21-19)22-16-7-5-6-15(11-16)20(23)24-4;/h5-11H,1-4H3,(H,21,22);1H. The average molecular weight is 357 g/mol. The zero-order valence-electron chi connectivity index (χ0n) is 14.7. The second-order valence-corrected chi connectivity index (χ2v) is 5.99. The monoisotopic (exact) mass is 356 g/mol. The van der Waals surface area contributed by atoms with Gasteiger partial charge in [-0.05, 0) is 56.7 Å². The van der Waals surface area contributed by atoms with Gasteiger partial charge in [-0.2, -0.15) is 0 Å². The molecule has 0 aliphatic rings. The fourth-order valence-electron chi connectivity index (χ4n) is 2.91. The van der Waals surface area contributed by atoms with Gasteiger partial charge >= 0.3 is 5.97 Å². The molecule has 3 aromatic rings. The van der Waals surface area contributed by atoms with Crippen LogP contribution >= 0.6 is 12.4 Å². The van der Waals surface area contributed by atoms with Crippen molar-refractivity contribution in [2.45, 2.75) is 20.8 Å². The highest BCUT2D eigenvalue weighted by atomic mass is 35.5. The van der Waals surface area contributed by atoms with E-state index in [1.165, 1.54) is 12.7 Å². The zero-order valence-corrected chi connectivity index (χ0v) is 15.5. The van der Waals surface area contributed by atoms with Crippen molar-refractivity contribution in [2.24, 2.45) is 0 Å². The molecule has 0 radical (unpaired) electrons. The van der Waals surface area contributed by atoms with E-state index in [-0.39, 0.29) is 18.4 Å². The minimum Gasteiger partial charge on any atom is -0.465 e. The molecule has 130 valence electrons. The Hall–Kier alpha value is -2.59. The van der Waals surface area contributed by atoms with E-state index in [4.69, 9.17) is 4.74 Å². The lowest BCUT2D eigenvalue weighted by Gasteiger charge is -2.13. The highest BCUT2D eigenvalue weighted by Gasteiger charge is 2.10. The number of aryl methyl sites for hydroxylation is 3. The predicted octanol–water partition coefficient (Wildman–Crippen LogP) is 5.11. The summed E-state index contributed by atoms with van der Waals surface area (Å²) in [5.41, 5.74) is 6.62. The molecule has 4 nitrogen and oxygen atoms in total. The van der Waals surface area contributed by atoms with Crippen molar-refractivity contribution in [3.8, 4) is 0 Å². The first-order valence-corrected chi connectivity index (χ1v) is 7.82. The molecular weight excluding hydrogens is 336 g/mol. The summed E-state index contributed by atoms with van der Waals surface area (Å²) in [5.74, 6) is -0.346. The quantitative estimate of drug-likeness (QED) is 0.662. The fraction of sp³-hybridized carbons (Fsp3) is 0.200. The largest absolute Gasteiger partial charge is 0.465 e. The Labute approximate surface area is 153 Å². The van der Waals surface area contributed by atoms with Gasteiger partial charge in [-0.3, -0.25) is 4.98 Å². The molecule has 0 saturated carbocycles. The number of pyridine rings is 1. The summed E-state index contributed by atoms with van der Waals surface area (Å²) in [5, 5.41) is 4.48. The lowest BCUT2D eigenvalue weighted by atomic mass is 10.0. The van der Waals surface area contributed by atoms with Gasteiger partial charge in [-0.25, -0.2) is 4.79 Å². The van der Waals surface area contributed by atoms with E-state index in [0.29, 0.717) is 5.56 Å². The third-order valence-corrected chi connectivity index (χ3v) is 3.94. The number of nitrogens with zero attached hydrogens (tertiary/aromatic N) is 1. The number of rotatable bonds is 3. The van der Waals surface area contributed by atoms with Crippen molar-refractivity contribution in [2.75, 3.05) is 12.4 Å². The number of fused-ring (bicyclic) bond motifs is 1. The molecule has 0 unspecified atom stereocenters. The lowest BCUT2D eigenvalue weighted by Crippen LogP contribution is -2.02. The summed E-state index contributed by atoms with van der Waals surface area (Å²) in [6.07, 6.45) is 0. The number of carbonyl (C=O) groups is 1. The van der Waals surface area contributed by atoms with Crippen LogP contribution in [0.5, 0.6) is 0 Å². The van der Waals surface area contributed by atoms with E-state index in [0.717, 1.165) is 33.5 Å². The second kappa shape index (κ2) is 7.53. The SMILES string of the molecule is COC(=O)c1cccc(Nc2cc(C)nc3c(C)cc(C)cc23)c1.Cl. The third kappa shape index (κ3) is 3.91. The topological polar surface area (TPSA) is 51.2 Å². The first-order valence-electron chi connectivity index (χ1n) is 7.82. The van der Waals surface area contributed by atoms with Crippen LogP contribution in [0.2, 0.25) is 0 Å². The summed E-state index contributed by atoms with van der Waals surface area (Å²) < 4.78 is 4.79. The van der Waals surface area contributed by atoms with Crippen LogP contribution in [0.15, 0.2) is 42.5 Å². The maximum Gasteiger partial charge on any atom is 0.337 e. The van der Waals surface area contributed by atoms with E-state index < -0.39 is 0 Å². The molecule has 3 rings (SSSR count). The maximum absolute atomic E-state index is 11.7. The lowest BCUT2D eigenvalue weighted by molar-refractivity contribution is 0.0601. The maximum atomic E-state index is 11.7. The van der Waals surface area contributed by atoms with E-state index in [2.05, 4.69) is 36.3 Å². The van der Waals surface area contributed by atoms with E-state index in [1.54, 1.807) is 12.1 Å². The van der Waals surface area contributed by atoms with E-state index in [1.807, 2.05) is 25.1 Å². The van der Waals surface area contributed by atoms with Gasteiger partial charge in [-0.1, -0.05) is 17.7 Å². The Morgan fingerprint density at radius 1 is 1.08 bits per heavy atom.